The Morgan fingerprint density at radius 1 is 0.458 bits per heavy atom. The van der Waals surface area contributed by atoms with Gasteiger partial charge in [-0.2, -0.15) is 0 Å². The molecule has 0 aliphatic rings. The highest BCUT2D eigenvalue weighted by Crippen LogP contribution is 2.19. The van der Waals surface area contributed by atoms with E-state index >= 15 is 0 Å². The van der Waals surface area contributed by atoms with Crippen molar-refractivity contribution >= 4 is 11.9 Å². The van der Waals surface area contributed by atoms with E-state index in [4.69, 9.17) is 9.84 Å². The van der Waals surface area contributed by atoms with Crippen molar-refractivity contribution < 1.29 is 19.4 Å². The lowest BCUT2D eigenvalue weighted by Crippen LogP contribution is -2.18. The summed E-state index contributed by atoms with van der Waals surface area (Å²) in [5.74, 6) is -0.724. The molecule has 0 rings (SSSR count). The molecule has 0 fully saturated rings. The zero-order chi connectivity index (χ0) is 35.0. The van der Waals surface area contributed by atoms with Gasteiger partial charge in [0.1, 0.15) is 6.10 Å². The monoisotopic (exact) mass is 675 g/mol. The van der Waals surface area contributed by atoms with Crippen LogP contribution in [0.1, 0.15) is 239 Å². The Morgan fingerprint density at radius 2 is 0.812 bits per heavy atom. The molecule has 282 valence electrons. The van der Waals surface area contributed by atoms with Crippen LogP contribution in [0, 0.1) is 0 Å². The quantitative estimate of drug-likeness (QED) is 0.0400. The van der Waals surface area contributed by atoms with Crippen LogP contribution in [0.25, 0.3) is 0 Å². The van der Waals surface area contributed by atoms with E-state index in [2.05, 4.69) is 38.2 Å². The van der Waals surface area contributed by atoms with Crippen molar-refractivity contribution in [2.75, 3.05) is 0 Å². The summed E-state index contributed by atoms with van der Waals surface area (Å²) in [4.78, 5) is 23.4. The Bertz CT molecular complexity index is 727. The second kappa shape index (κ2) is 39.9. The molecule has 4 heteroatoms. The maximum Gasteiger partial charge on any atom is 0.306 e. The summed E-state index contributed by atoms with van der Waals surface area (Å²) >= 11 is 0. The summed E-state index contributed by atoms with van der Waals surface area (Å²) in [5.41, 5.74) is 0. The Balaban J connectivity index is 3.97. The van der Waals surface area contributed by atoms with Gasteiger partial charge in [-0.3, -0.25) is 9.59 Å². The van der Waals surface area contributed by atoms with Crippen LogP contribution >= 0.6 is 0 Å². The molecule has 0 aromatic carbocycles. The van der Waals surface area contributed by atoms with Crippen molar-refractivity contribution in [3.05, 3.63) is 24.3 Å². The first-order valence-corrected chi connectivity index (χ1v) is 21.3. The third-order valence-electron chi connectivity index (χ3n) is 9.68. The summed E-state index contributed by atoms with van der Waals surface area (Å²) < 4.78 is 5.99. The number of aliphatic carboxylic acids is 1. The normalized spacial score (nSPS) is 12.4. The van der Waals surface area contributed by atoms with Crippen LogP contribution in [-0.4, -0.2) is 23.1 Å². The van der Waals surface area contributed by atoms with Crippen LogP contribution < -0.4 is 0 Å². The fourth-order valence-corrected chi connectivity index (χ4v) is 6.51. The van der Waals surface area contributed by atoms with Gasteiger partial charge < -0.3 is 9.84 Å². The predicted molar refractivity (Wildman–Crippen MR) is 209 cm³/mol. The first-order chi connectivity index (χ1) is 23.6. The van der Waals surface area contributed by atoms with Crippen LogP contribution in [0.3, 0.4) is 0 Å². The van der Waals surface area contributed by atoms with Gasteiger partial charge in [0, 0.05) is 12.8 Å². The molecule has 0 bridgehead atoms. The van der Waals surface area contributed by atoms with E-state index in [0.717, 1.165) is 64.2 Å². The topological polar surface area (TPSA) is 63.6 Å². The molecule has 0 aliphatic carbocycles. The van der Waals surface area contributed by atoms with Crippen LogP contribution in [0.15, 0.2) is 24.3 Å². The molecule has 1 N–H and O–H groups in total. The number of carbonyl (C=O) groups excluding carboxylic acids is 1. The van der Waals surface area contributed by atoms with Crippen molar-refractivity contribution in [1.29, 1.82) is 0 Å². The molecule has 0 spiro atoms. The Kier molecular flexibility index (Phi) is 38.5. The van der Waals surface area contributed by atoms with E-state index in [1.165, 1.54) is 148 Å². The lowest BCUT2D eigenvalue weighted by molar-refractivity contribution is -0.150. The van der Waals surface area contributed by atoms with Crippen LogP contribution in [0.2, 0.25) is 0 Å². The lowest BCUT2D eigenvalue weighted by atomic mass is 10.0. The molecule has 0 aliphatic heterocycles. The van der Waals surface area contributed by atoms with E-state index in [1.807, 2.05) is 0 Å². The van der Waals surface area contributed by atoms with E-state index in [-0.39, 0.29) is 18.5 Å². The number of ether oxygens (including phenoxy) is 1. The summed E-state index contributed by atoms with van der Waals surface area (Å²) in [6, 6.07) is 0. The highest BCUT2D eigenvalue weighted by atomic mass is 16.5. The van der Waals surface area contributed by atoms with E-state index in [1.54, 1.807) is 0 Å². The minimum Gasteiger partial charge on any atom is -0.481 e. The molecule has 0 amide bonds. The molecule has 0 radical (unpaired) electrons. The van der Waals surface area contributed by atoms with Gasteiger partial charge in [0.2, 0.25) is 0 Å². The zero-order valence-electron chi connectivity index (χ0n) is 32.3. The van der Waals surface area contributed by atoms with E-state index in [9.17, 15) is 9.59 Å². The minimum absolute atomic E-state index is 0.0150. The summed E-state index contributed by atoms with van der Waals surface area (Å²) in [6.07, 6.45) is 50.5. The van der Waals surface area contributed by atoms with E-state index < -0.39 is 5.97 Å². The number of allylic oxidation sites excluding steroid dienone is 4. The molecular formula is C44H82O4. The summed E-state index contributed by atoms with van der Waals surface area (Å²) in [7, 11) is 0. The maximum atomic E-state index is 12.7. The van der Waals surface area contributed by atoms with Crippen molar-refractivity contribution in [2.45, 2.75) is 245 Å². The first kappa shape index (κ1) is 46.4. The smallest absolute Gasteiger partial charge is 0.306 e. The standard InChI is InChI=1S/C44H82O4/c1-3-5-7-9-11-13-15-17-19-20-21-23-25-27-29-31-37-41-44(47)48-42(39-35-32-33-36-40-43(45)46)38-34-30-28-26-24-22-18-16-14-12-10-8-6-4-2/h11,13,17,19,42H,3-10,12,14-16,18,20-41H2,1-2H3,(H,45,46)/b13-11-,19-17-. The van der Waals surface area contributed by atoms with Gasteiger partial charge in [-0.05, 0) is 70.6 Å². The van der Waals surface area contributed by atoms with Crippen molar-refractivity contribution in [3.8, 4) is 0 Å². The molecule has 0 heterocycles. The molecular weight excluding hydrogens is 592 g/mol. The first-order valence-electron chi connectivity index (χ1n) is 21.3. The maximum absolute atomic E-state index is 12.7. The molecule has 0 saturated heterocycles. The van der Waals surface area contributed by atoms with Crippen molar-refractivity contribution in [1.82, 2.24) is 0 Å². The number of carboxylic acid groups (broad SMARTS) is 1. The third-order valence-corrected chi connectivity index (χ3v) is 9.68. The van der Waals surface area contributed by atoms with Gasteiger partial charge in [0.15, 0.2) is 0 Å². The van der Waals surface area contributed by atoms with Gasteiger partial charge in [-0.15, -0.1) is 0 Å². The molecule has 48 heavy (non-hydrogen) atoms. The highest BCUT2D eigenvalue weighted by molar-refractivity contribution is 5.69. The summed E-state index contributed by atoms with van der Waals surface area (Å²) in [5, 5.41) is 8.87. The second-order valence-electron chi connectivity index (χ2n) is 14.5. The van der Waals surface area contributed by atoms with Crippen LogP contribution in [-0.2, 0) is 14.3 Å². The third kappa shape index (κ3) is 38.9. The molecule has 1 unspecified atom stereocenters. The number of hydrogen-bond donors (Lipinski definition) is 1. The number of hydrogen-bond acceptors (Lipinski definition) is 3. The van der Waals surface area contributed by atoms with Crippen molar-refractivity contribution in [2.24, 2.45) is 0 Å². The summed E-state index contributed by atoms with van der Waals surface area (Å²) in [6.45, 7) is 4.53. The molecule has 0 saturated carbocycles. The lowest BCUT2D eigenvalue weighted by Gasteiger charge is -2.18. The molecule has 0 aromatic rings. The number of esters is 1. The number of unbranched alkanes of at least 4 members (excludes halogenated alkanes) is 26. The van der Waals surface area contributed by atoms with Gasteiger partial charge in [-0.25, -0.2) is 0 Å². The van der Waals surface area contributed by atoms with Gasteiger partial charge in [0.05, 0.1) is 0 Å². The van der Waals surface area contributed by atoms with Gasteiger partial charge >= 0.3 is 11.9 Å². The van der Waals surface area contributed by atoms with Gasteiger partial charge in [0.25, 0.3) is 0 Å². The fraction of sp³-hybridized carbons (Fsp3) is 0.864. The van der Waals surface area contributed by atoms with Crippen molar-refractivity contribution in [3.63, 3.8) is 0 Å². The average Bonchev–Trinajstić information content (AvgIpc) is 3.07. The zero-order valence-corrected chi connectivity index (χ0v) is 32.3. The largest absolute Gasteiger partial charge is 0.481 e. The van der Waals surface area contributed by atoms with E-state index in [0.29, 0.717) is 6.42 Å². The number of carboxylic acids is 1. The van der Waals surface area contributed by atoms with Gasteiger partial charge in [-0.1, -0.05) is 179 Å². The fourth-order valence-electron chi connectivity index (χ4n) is 6.51. The molecule has 0 aromatic heterocycles. The SMILES string of the molecule is CCCCC/C=C\C/C=C\CCCCCCCCCC(=O)OC(CCCCCCCCCCCCCCCC)CCCCCCC(=O)O. The number of carbonyl (C=O) groups is 2. The Morgan fingerprint density at radius 3 is 1.27 bits per heavy atom. The Hall–Kier alpha value is -1.58. The van der Waals surface area contributed by atoms with Crippen LogP contribution in [0.5, 0.6) is 0 Å². The predicted octanol–water partition coefficient (Wildman–Crippen LogP) is 14.8. The number of rotatable bonds is 39. The Labute approximate surface area is 299 Å². The average molecular weight is 675 g/mol. The molecule has 4 nitrogen and oxygen atoms in total. The second-order valence-corrected chi connectivity index (χ2v) is 14.5. The minimum atomic E-state index is -0.709. The molecule has 1 atom stereocenters. The highest BCUT2D eigenvalue weighted by Gasteiger charge is 2.14. The van der Waals surface area contributed by atoms with Crippen LogP contribution in [0.4, 0.5) is 0 Å².